The molecule has 15 heavy (non-hydrogen) atoms. The molecule has 82 valence electrons. The van der Waals surface area contributed by atoms with E-state index in [2.05, 4.69) is 0 Å². The van der Waals surface area contributed by atoms with Gasteiger partial charge in [0.05, 0.1) is 0 Å². The van der Waals surface area contributed by atoms with Crippen molar-refractivity contribution in [2.75, 3.05) is 0 Å². The first kappa shape index (κ1) is 10.9. The molecule has 0 unspecified atom stereocenters. The van der Waals surface area contributed by atoms with E-state index in [9.17, 15) is 8.78 Å². The molecule has 1 saturated carbocycles. The molecule has 1 aromatic rings. The largest absolute Gasteiger partial charge is 0.321 e. The molecular weight excluding hydrogens is 216 g/mol. The van der Waals surface area contributed by atoms with Crippen LogP contribution < -0.4 is 5.73 Å². The Morgan fingerprint density at radius 1 is 1.33 bits per heavy atom. The molecule has 0 saturated heterocycles. The van der Waals surface area contributed by atoms with Crippen LogP contribution in [0, 0.1) is 0 Å². The van der Waals surface area contributed by atoms with Crippen molar-refractivity contribution in [3.05, 3.63) is 29.8 Å². The van der Waals surface area contributed by atoms with Crippen molar-refractivity contribution in [2.24, 2.45) is 5.73 Å². The summed E-state index contributed by atoms with van der Waals surface area (Å²) < 4.78 is 24.4. The number of alkyl halides is 2. The molecule has 1 aliphatic carbocycles. The van der Waals surface area contributed by atoms with Crippen LogP contribution in [-0.2, 0) is 5.54 Å². The molecule has 0 aromatic heterocycles. The van der Waals surface area contributed by atoms with Crippen LogP contribution in [0.4, 0.5) is 8.78 Å². The zero-order chi connectivity index (χ0) is 10.9. The molecule has 2 rings (SSSR count). The first-order chi connectivity index (χ1) is 7.10. The van der Waals surface area contributed by atoms with Gasteiger partial charge in [0.2, 0.25) is 0 Å². The summed E-state index contributed by atoms with van der Waals surface area (Å²) in [6.45, 7) is 0. The Labute approximate surface area is 92.0 Å². The number of benzene rings is 1. The van der Waals surface area contributed by atoms with Crippen LogP contribution in [0.1, 0.15) is 24.8 Å². The third-order valence-corrected chi connectivity index (χ3v) is 3.58. The normalized spacial score (nSPS) is 18.9. The van der Waals surface area contributed by atoms with Gasteiger partial charge in [0.1, 0.15) is 0 Å². The minimum Gasteiger partial charge on any atom is -0.321 e. The van der Waals surface area contributed by atoms with E-state index in [4.69, 9.17) is 5.73 Å². The number of hydrogen-bond donors (Lipinski definition) is 1. The number of rotatable bonds is 3. The van der Waals surface area contributed by atoms with Gasteiger partial charge in [-0.2, -0.15) is 8.78 Å². The lowest BCUT2D eigenvalue weighted by Crippen LogP contribution is -2.43. The van der Waals surface area contributed by atoms with Gasteiger partial charge in [0.25, 0.3) is 5.76 Å². The molecular formula is C11H13F2NS. The van der Waals surface area contributed by atoms with Gasteiger partial charge < -0.3 is 5.73 Å². The maximum Gasteiger partial charge on any atom is 0.288 e. The van der Waals surface area contributed by atoms with Crippen molar-refractivity contribution in [3.63, 3.8) is 0 Å². The summed E-state index contributed by atoms with van der Waals surface area (Å²) in [6.07, 6.45) is 3.04. The van der Waals surface area contributed by atoms with Crippen molar-refractivity contribution in [1.82, 2.24) is 0 Å². The first-order valence-corrected chi connectivity index (χ1v) is 5.82. The van der Waals surface area contributed by atoms with Crippen molar-refractivity contribution in [3.8, 4) is 0 Å². The maximum atomic E-state index is 12.2. The van der Waals surface area contributed by atoms with E-state index in [1.165, 1.54) is 0 Å². The van der Waals surface area contributed by atoms with Gasteiger partial charge >= 0.3 is 0 Å². The third-order valence-electron chi connectivity index (χ3n) is 2.88. The molecule has 4 heteroatoms. The van der Waals surface area contributed by atoms with Gasteiger partial charge in [-0.3, -0.25) is 0 Å². The fourth-order valence-electron chi connectivity index (χ4n) is 1.83. The Balaban J connectivity index is 2.19. The van der Waals surface area contributed by atoms with Crippen LogP contribution in [0.25, 0.3) is 0 Å². The van der Waals surface area contributed by atoms with E-state index in [0.717, 1.165) is 24.8 Å². The van der Waals surface area contributed by atoms with Crippen molar-refractivity contribution >= 4 is 11.8 Å². The molecule has 0 aliphatic heterocycles. The molecule has 0 heterocycles. The van der Waals surface area contributed by atoms with Gasteiger partial charge in [-0.05, 0) is 37.0 Å². The Hall–Kier alpha value is -0.610. The molecule has 0 bridgehead atoms. The van der Waals surface area contributed by atoms with Crippen molar-refractivity contribution in [1.29, 1.82) is 0 Å². The molecule has 1 aliphatic rings. The molecule has 2 N–H and O–H groups in total. The molecule has 0 spiro atoms. The topological polar surface area (TPSA) is 26.0 Å². The summed E-state index contributed by atoms with van der Waals surface area (Å²) in [4.78, 5) is 0.597. The van der Waals surface area contributed by atoms with Crippen molar-refractivity contribution in [2.45, 2.75) is 35.5 Å². The third kappa shape index (κ3) is 2.32. The van der Waals surface area contributed by atoms with Crippen LogP contribution in [0.2, 0.25) is 0 Å². The SMILES string of the molecule is NC1(c2cccc(SC(F)F)c2)CCC1. The van der Waals surface area contributed by atoms with Gasteiger partial charge in [-0.1, -0.05) is 23.9 Å². The number of halogens is 2. The quantitative estimate of drug-likeness (QED) is 0.804. The summed E-state index contributed by atoms with van der Waals surface area (Å²) in [5.74, 6) is -2.37. The Bertz CT molecular complexity index is 350. The minimum atomic E-state index is -2.37. The summed E-state index contributed by atoms with van der Waals surface area (Å²) >= 11 is 0.574. The van der Waals surface area contributed by atoms with Gasteiger partial charge in [0.15, 0.2) is 0 Å². The average Bonchev–Trinajstić information content (AvgIpc) is 2.13. The lowest BCUT2D eigenvalue weighted by Gasteiger charge is -2.38. The molecule has 1 aromatic carbocycles. The van der Waals surface area contributed by atoms with E-state index in [-0.39, 0.29) is 5.54 Å². The zero-order valence-electron chi connectivity index (χ0n) is 8.25. The monoisotopic (exact) mass is 229 g/mol. The second-order valence-corrected chi connectivity index (χ2v) is 4.98. The van der Waals surface area contributed by atoms with Crippen LogP contribution in [0.5, 0.6) is 0 Å². The summed E-state index contributed by atoms with van der Waals surface area (Å²) in [7, 11) is 0. The highest BCUT2D eigenvalue weighted by molar-refractivity contribution is 7.99. The van der Waals surface area contributed by atoms with Crippen LogP contribution >= 0.6 is 11.8 Å². The van der Waals surface area contributed by atoms with Gasteiger partial charge in [0, 0.05) is 10.4 Å². The number of thioether (sulfide) groups is 1. The second kappa shape index (κ2) is 4.10. The van der Waals surface area contributed by atoms with E-state index < -0.39 is 5.76 Å². The van der Waals surface area contributed by atoms with E-state index in [0.29, 0.717) is 16.7 Å². The first-order valence-electron chi connectivity index (χ1n) is 4.94. The van der Waals surface area contributed by atoms with Gasteiger partial charge in [-0.15, -0.1) is 0 Å². The molecule has 0 amide bonds. The lowest BCUT2D eigenvalue weighted by molar-refractivity contribution is 0.250. The number of hydrogen-bond acceptors (Lipinski definition) is 2. The van der Waals surface area contributed by atoms with Gasteiger partial charge in [-0.25, -0.2) is 0 Å². The Morgan fingerprint density at radius 3 is 2.60 bits per heavy atom. The fourth-order valence-corrected chi connectivity index (χ4v) is 2.39. The Morgan fingerprint density at radius 2 is 2.07 bits per heavy atom. The minimum absolute atomic E-state index is 0.265. The number of nitrogens with two attached hydrogens (primary N) is 1. The van der Waals surface area contributed by atoms with E-state index >= 15 is 0 Å². The summed E-state index contributed by atoms with van der Waals surface area (Å²) in [5, 5.41) is 0. The highest BCUT2D eigenvalue weighted by Gasteiger charge is 2.34. The van der Waals surface area contributed by atoms with Crippen molar-refractivity contribution < 1.29 is 8.78 Å². The standard InChI is InChI=1S/C11H13F2NS/c12-10(13)15-9-4-1-3-8(7-9)11(14)5-2-6-11/h1,3-4,7,10H,2,5-6,14H2. The average molecular weight is 229 g/mol. The molecule has 0 atom stereocenters. The highest BCUT2D eigenvalue weighted by atomic mass is 32.2. The molecule has 0 radical (unpaired) electrons. The van der Waals surface area contributed by atoms with Crippen LogP contribution in [0.3, 0.4) is 0 Å². The summed E-state index contributed by atoms with van der Waals surface area (Å²) in [5.41, 5.74) is 6.85. The highest BCUT2D eigenvalue weighted by Crippen LogP contribution is 2.40. The fraction of sp³-hybridized carbons (Fsp3) is 0.455. The molecule has 1 fully saturated rings. The predicted octanol–water partition coefficient (Wildman–Crippen LogP) is 3.34. The van der Waals surface area contributed by atoms with E-state index in [1.807, 2.05) is 6.07 Å². The van der Waals surface area contributed by atoms with Crippen LogP contribution in [0.15, 0.2) is 29.2 Å². The smallest absolute Gasteiger partial charge is 0.288 e. The lowest BCUT2D eigenvalue weighted by atomic mass is 9.73. The second-order valence-electron chi connectivity index (χ2n) is 3.92. The maximum absolute atomic E-state index is 12.2. The van der Waals surface area contributed by atoms with E-state index in [1.54, 1.807) is 18.2 Å². The van der Waals surface area contributed by atoms with Crippen LogP contribution in [-0.4, -0.2) is 5.76 Å². The Kier molecular flexibility index (Phi) is 2.98. The summed E-state index contributed by atoms with van der Waals surface area (Å²) in [6, 6.07) is 7.21. The zero-order valence-corrected chi connectivity index (χ0v) is 9.07. The predicted molar refractivity (Wildman–Crippen MR) is 58.0 cm³/mol. The molecule has 1 nitrogen and oxygen atoms in total.